The van der Waals surface area contributed by atoms with Crippen molar-refractivity contribution in [3.8, 4) is 0 Å². The van der Waals surface area contributed by atoms with Gasteiger partial charge in [0, 0.05) is 24.4 Å². The molecule has 0 unspecified atom stereocenters. The summed E-state index contributed by atoms with van der Waals surface area (Å²) < 4.78 is 0. The molecule has 0 bridgehead atoms. The van der Waals surface area contributed by atoms with Crippen LogP contribution < -0.4 is 0 Å². The van der Waals surface area contributed by atoms with Gasteiger partial charge < -0.3 is 0 Å². The highest BCUT2D eigenvalue weighted by Gasteiger charge is 2.19. The lowest BCUT2D eigenvalue weighted by Crippen LogP contribution is -2.15. The average Bonchev–Trinajstić information content (AvgIpc) is 2.42. The van der Waals surface area contributed by atoms with Crippen LogP contribution in [0.2, 0.25) is 0 Å². The lowest BCUT2D eigenvalue weighted by molar-refractivity contribution is -0.120. The molecule has 0 atom stereocenters. The second-order valence-corrected chi connectivity index (χ2v) is 5.17. The summed E-state index contributed by atoms with van der Waals surface area (Å²) in [7, 11) is 0. The molecule has 1 saturated carbocycles. The van der Waals surface area contributed by atoms with Crippen molar-refractivity contribution in [2.45, 2.75) is 32.1 Å². The fraction of sp³-hybridized carbons (Fsp3) is 0.375. The largest absolute Gasteiger partial charge is 0.300 e. The molecule has 1 aromatic carbocycles. The number of pyridine rings is 1. The monoisotopic (exact) mass is 239 g/mol. The molecule has 2 heteroatoms. The molecule has 1 aromatic heterocycles. The molecular weight excluding hydrogens is 222 g/mol. The highest BCUT2D eigenvalue weighted by Crippen LogP contribution is 2.27. The van der Waals surface area contributed by atoms with Crippen molar-refractivity contribution in [2.24, 2.45) is 5.92 Å². The molecular formula is C16H17NO. The Labute approximate surface area is 107 Å². The molecule has 0 saturated heterocycles. The zero-order chi connectivity index (χ0) is 12.4. The first-order valence-electron chi connectivity index (χ1n) is 6.67. The molecule has 92 valence electrons. The van der Waals surface area contributed by atoms with Gasteiger partial charge in [0.25, 0.3) is 0 Å². The van der Waals surface area contributed by atoms with Gasteiger partial charge in [-0.1, -0.05) is 18.2 Å². The number of hydrogen-bond donors (Lipinski definition) is 0. The Bertz CT molecular complexity index is 561. The summed E-state index contributed by atoms with van der Waals surface area (Å²) in [5.74, 6) is 1.10. The van der Waals surface area contributed by atoms with Crippen LogP contribution in [0.1, 0.15) is 31.2 Å². The van der Waals surface area contributed by atoms with Crippen LogP contribution in [-0.4, -0.2) is 10.8 Å². The average molecular weight is 239 g/mol. The summed E-state index contributed by atoms with van der Waals surface area (Å²) in [6, 6.07) is 10.4. The smallest absolute Gasteiger partial charge is 0.132 e. The number of Topliss-reactive ketones (excluding diaryl/α,β-unsaturated/α-hetero) is 1. The van der Waals surface area contributed by atoms with Crippen LogP contribution in [0.5, 0.6) is 0 Å². The van der Waals surface area contributed by atoms with E-state index in [2.05, 4.69) is 29.2 Å². The number of ketones is 1. The van der Waals surface area contributed by atoms with Gasteiger partial charge in [0.15, 0.2) is 0 Å². The van der Waals surface area contributed by atoms with E-state index in [1.807, 2.05) is 12.3 Å². The van der Waals surface area contributed by atoms with Gasteiger partial charge in [0.05, 0.1) is 5.52 Å². The number of hydrogen-bond acceptors (Lipinski definition) is 2. The van der Waals surface area contributed by atoms with Crippen molar-refractivity contribution in [3.05, 3.63) is 42.1 Å². The lowest BCUT2D eigenvalue weighted by Gasteiger charge is -2.21. The predicted molar refractivity (Wildman–Crippen MR) is 72.4 cm³/mol. The van der Waals surface area contributed by atoms with Crippen molar-refractivity contribution in [1.29, 1.82) is 0 Å². The molecule has 2 nitrogen and oxygen atoms in total. The maximum atomic E-state index is 11.3. The SMILES string of the molecule is O=C1CCC(Cc2ccnc3ccccc23)CC1. The first kappa shape index (κ1) is 11.4. The Kier molecular flexibility index (Phi) is 3.09. The quantitative estimate of drug-likeness (QED) is 0.802. The Hall–Kier alpha value is -1.70. The van der Waals surface area contributed by atoms with Crippen molar-refractivity contribution in [2.75, 3.05) is 0 Å². The molecule has 1 fully saturated rings. The zero-order valence-electron chi connectivity index (χ0n) is 10.4. The Morgan fingerprint density at radius 1 is 1.11 bits per heavy atom. The van der Waals surface area contributed by atoms with E-state index in [0.29, 0.717) is 11.7 Å². The minimum Gasteiger partial charge on any atom is -0.300 e. The maximum Gasteiger partial charge on any atom is 0.132 e. The van der Waals surface area contributed by atoms with Gasteiger partial charge >= 0.3 is 0 Å². The van der Waals surface area contributed by atoms with Gasteiger partial charge in [0.2, 0.25) is 0 Å². The van der Waals surface area contributed by atoms with E-state index < -0.39 is 0 Å². The van der Waals surface area contributed by atoms with Gasteiger partial charge in [-0.05, 0) is 42.9 Å². The highest BCUT2D eigenvalue weighted by molar-refractivity contribution is 5.82. The molecule has 0 radical (unpaired) electrons. The fourth-order valence-corrected chi connectivity index (χ4v) is 2.85. The van der Waals surface area contributed by atoms with E-state index in [4.69, 9.17) is 0 Å². The van der Waals surface area contributed by atoms with Crippen LogP contribution in [-0.2, 0) is 11.2 Å². The molecule has 1 aliphatic rings. The van der Waals surface area contributed by atoms with Crippen LogP contribution in [0.15, 0.2) is 36.5 Å². The number of fused-ring (bicyclic) bond motifs is 1. The summed E-state index contributed by atoms with van der Waals surface area (Å²) in [6.07, 6.45) is 6.62. The second kappa shape index (κ2) is 4.89. The number of rotatable bonds is 2. The number of aromatic nitrogens is 1. The van der Waals surface area contributed by atoms with Gasteiger partial charge in [-0.15, -0.1) is 0 Å². The Morgan fingerprint density at radius 2 is 1.89 bits per heavy atom. The standard InChI is InChI=1S/C16H17NO/c18-14-7-5-12(6-8-14)11-13-9-10-17-16-4-2-1-3-15(13)16/h1-4,9-10,12H,5-8,11H2. The van der Waals surface area contributed by atoms with Gasteiger partial charge in [-0.2, -0.15) is 0 Å². The van der Waals surface area contributed by atoms with E-state index in [0.717, 1.165) is 37.6 Å². The molecule has 2 aromatic rings. The minimum atomic E-state index is 0.436. The normalized spacial score (nSPS) is 17.2. The third-order valence-electron chi connectivity index (χ3n) is 3.91. The molecule has 1 aliphatic carbocycles. The van der Waals surface area contributed by atoms with Crippen LogP contribution >= 0.6 is 0 Å². The summed E-state index contributed by atoms with van der Waals surface area (Å²) in [6.45, 7) is 0. The van der Waals surface area contributed by atoms with E-state index in [9.17, 15) is 4.79 Å². The summed E-state index contributed by atoms with van der Waals surface area (Å²) in [5, 5.41) is 1.26. The second-order valence-electron chi connectivity index (χ2n) is 5.17. The Morgan fingerprint density at radius 3 is 2.72 bits per heavy atom. The summed E-state index contributed by atoms with van der Waals surface area (Å²) in [5.41, 5.74) is 2.45. The summed E-state index contributed by atoms with van der Waals surface area (Å²) >= 11 is 0. The number of carbonyl (C=O) groups is 1. The first-order chi connectivity index (χ1) is 8.83. The van der Waals surface area contributed by atoms with Gasteiger partial charge in [0.1, 0.15) is 5.78 Å². The van der Waals surface area contributed by atoms with Crippen molar-refractivity contribution < 1.29 is 4.79 Å². The lowest BCUT2D eigenvalue weighted by atomic mass is 9.83. The van der Waals surface area contributed by atoms with Gasteiger partial charge in [-0.25, -0.2) is 0 Å². The molecule has 1 heterocycles. The minimum absolute atomic E-state index is 0.436. The number of benzene rings is 1. The number of carbonyl (C=O) groups excluding carboxylic acids is 1. The molecule has 18 heavy (non-hydrogen) atoms. The van der Waals surface area contributed by atoms with E-state index in [1.165, 1.54) is 10.9 Å². The van der Waals surface area contributed by atoms with Gasteiger partial charge in [-0.3, -0.25) is 9.78 Å². The molecule has 3 rings (SSSR count). The van der Waals surface area contributed by atoms with Crippen LogP contribution in [0.4, 0.5) is 0 Å². The topological polar surface area (TPSA) is 30.0 Å². The molecule has 0 amide bonds. The predicted octanol–water partition coefficient (Wildman–Crippen LogP) is 3.54. The molecule has 0 N–H and O–H groups in total. The molecule has 0 spiro atoms. The van der Waals surface area contributed by atoms with E-state index in [-0.39, 0.29) is 0 Å². The van der Waals surface area contributed by atoms with Crippen molar-refractivity contribution >= 4 is 16.7 Å². The van der Waals surface area contributed by atoms with Crippen molar-refractivity contribution in [1.82, 2.24) is 4.98 Å². The Balaban J connectivity index is 1.84. The number of nitrogens with zero attached hydrogens (tertiary/aromatic N) is 1. The third kappa shape index (κ3) is 2.28. The number of para-hydroxylation sites is 1. The van der Waals surface area contributed by atoms with Crippen LogP contribution in [0.3, 0.4) is 0 Å². The van der Waals surface area contributed by atoms with Crippen LogP contribution in [0, 0.1) is 5.92 Å². The summed E-state index contributed by atoms with van der Waals surface area (Å²) in [4.78, 5) is 15.7. The molecule has 0 aliphatic heterocycles. The van der Waals surface area contributed by atoms with E-state index in [1.54, 1.807) is 0 Å². The third-order valence-corrected chi connectivity index (χ3v) is 3.91. The zero-order valence-corrected chi connectivity index (χ0v) is 10.4. The van der Waals surface area contributed by atoms with Crippen LogP contribution in [0.25, 0.3) is 10.9 Å². The maximum absolute atomic E-state index is 11.3. The van der Waals surface area contributed by atoms with Crippen molar-refractivity contribution in [3.63, 3.8) is 0 Å². The highest BCUT2D eigenvalue weighted by atomic mass is 16.1. The fourth-order valence-electron chi connectivity index (χ4n) is 2.85. The van der Waals surface area contributed by atoms with E-state index >= 15 is 0 Å². The first-order valence-corrected chi connectivity index (χ1v) is 6.67.